The van der Waals surface area contributed by atoms with E-state index in [0.717, 1.165) is 5.01 Å². The molecule has 2 rings (SSSR count). The van der Waals surface area contributed by atoms with Gasteiger partial charge in [-0.25, -0.2) is 9.80 Å². The van der Waals surface area contributed by atoms with Crippen LogP contribution in [-0.4, -0.2) is 46.7 Å². The van der Waals surface area contributed by atoms with Crippen molar-refractivity contribution in [1.82, 2.24) is 20.4 Å². The van der Waals surface area contributed by atoms with E-state index in [9.17, 15) is 9.59 Å². The van der Waals surface area contributed by atoms with E-state index in [1.807, 2.05) is 0 Å². The summed E-state index contributed by atoms with van der Waals surface area (Å²) in [7, 11) is 2.86. The molecule has 0 aliphatic rings. The molecular weight excluding hydrogens is 386 g/mol. The van der Waals surface area contributed by atoms with Gasteiger partial charge >= 0.3 is 6.03 Å². The summed E-state index contributed by atoms with van der Waals surface area (Å²) in [4.78, 5) is 33.4. The summed E-state index contributed by atoms with van der Waals surface area (Å²) < 4.78 is 10.1. The average Bonchev–Trinajstić information content (AvgIpc) is 2.64. The van der Waals surface area contributed by atoms with Gasteiger partial charge in [-0.05, 0) is 45.0 Å². The zero-order chi connectivity index (χ0) is 20.9. The highest BCUT2D eigenvalue weighted by Gasteiger charge is 2.29. The van der Waals surface area contributed by atoms with Crippen LogP contribution in [0.2, 0.25) is 5.02 Å². The number of carbonyl (C=O) groups is 2. The molecule has 0 unspecified atom stereocenters. The van der Waals surface area contributed by atoms with Crippen molar-refractivity contribution < 1.29 is 19.1 Å². The van der Waals surface area contributed by atoms with E-state index >= 15 is 0 Å². The van der Waals surface area contributed by atoms with Crippen molar-refractivity contribution in [3.8, 4) is 11.8 Å². The Kier molecular flexibility index (Phi) is 6.63. The Labute approximate surface area is 168 Å². The number of ether oxygens (including phenoxy) is 2. The molecule has 0 atom stereocenters. The van der Waals surface area contributed by atoms with Gasteiger partial charge in [0.1, 0.15) is 0 Å². The van der Waals surface area contributed by atoms with Crippen LogP contribution < -0.4 is 20.2 Å². The van der Waals surface area contributed by atoms with Crippen molar-refractivity contribution in [2.45, 2.75) is 26.3 Å². The Balaban J connectivity index is 2.22. The second kappa shape index (κ2) is 8.75. The molecule has 150 valence electrons. The Morgan fingerprint density at radius 3 is 2.04 bits per heavy atom. The van der Waals surface area contributed by atoms with Crippen LogP contribution in [0.1, 0.15) is 31.1 Å². The molecule has 0 aliphatic carbocycles. The SMILES string of the molecule is COc1cc(OC)nc(NC(=O)N(NC(=O)c2ccc(Cl)cc2)C(C)(C)C)n1. The third kappa shape index (κ3) is 5.46. The number of urea groups is 1. The fourth-order valence-corrected chi connectivity index (χ4v) is 2.24. The van der Waals surface area contributed by atoms with Gasteiger partial charge < -0.3 is 9.47 Å². The van der Waals surface area contributed by atoms with Crippen LogP contribution in [0.4, 0.5) is 10.7 Å². The van der Waals surface area contributed by atoms with Crippen LogP contribution in [-0.2, 0) is 0 Å². The Morgan fingerprint density at radius 1 is 1.04 bits per heavy atom. The van der Waals surface area contributed by atoms with E-state index in [2.05, 4.69) is 20.7 Å². The predicted molar refractivity (Wildman–Crippen MR) is 105 cm³/mol. The topological polar surface area (TPSA) is 106 Å². The monoisotopic (exact) mass is 407 g/mol. The molecule has 0 radical (unpaired) electrons. The van der Waals surface area contributed by atoms with Gasteiger partial charge in [0.2, 0.25) is 17.7 Å². The third-order valence-corrected chi connectivity index (χ3v) is 3.76. The first kappa shape index (κ1) is 21.2. The smallest absolute Gasteiger partial charge is 0.343 e. The van der Waals surface area contributed by atoms with E-state index in [1.54, 1.807) is 45.0 Å². The molecule has 0 spiro atoms. The molecule has 3 amide bonds. The quantitative estimate of drug-likeness (QED) is 0.754. The molecule has 1 aromatic heterocycles. The molecule has 0 fully saturated rings. The van der Waals surface area contributed by atoms with Gasteiger partial charge in [-0.1, -0.05) is 11.6 Å². The second-order valence-corrected chi connectivity index (χ2v) is 7.10. The van der Waals surface area contributed by atoms with Gasteiger partial charge in [-0.15, -0.1) is 0 Å². The molecule has 0 bridgehead atoms. The molecule has 10 heteroatoms. The van der Waals surface area contributed by atoms with E-state index in [1.165, 1.54) is 20.3 Å². The number of nitrogens with zero attached hydrogens (tertiary/aromatic N) is 3. The highest BCUT2D eigenvalue weighted by atomic mass is 35.5. The number of rotatable bonds is 4. The number of hydrogen-bond donors (Lipinski definition) is 2. The molecule has 28 heavy (non-hydrogen) atoms. The number of carbonyl (C=O) groups excluding carboxylic acids is 2. The van der Waals surface area contributed by atoms with Gasteiger partial charge in [0.25, 0.3) is 5.91 Å². The molecule has 0 saturated heterocycles. The lowest BCUT2D eigenvalue weighted by Crippen LogP contribution is -2.57. The van der Waals surface area contributed by atoms with E-state index in [4.69, 9.17) is 21.1 Å². The number of benzene rings is 1. The highest BCUT2D eigenvalue weighted by Crippen LogP contribution is 2.19. The lowest BCUT2D eigenvalue weighted by Gasteiger charge is -2.35. The summed E-state index contributed by atoms with van der Waals surface area (Å²) in [6.07, 6.45) is 0. The maximum absolute atomic E-state index is 12.8. The summed E-state index contributed by atoms with van der Waals surface area (Å²) >= 11 is 5.84. The average molecular weight is 408 g/mol. The molecule has 1 aromatic carbocycles. The number of hydrogen-bond acceptors (Lipinski definition) is 6. The fourth-order valence-electron chi connectivity index (χ4n) is 2.11. The fraction of sp³-hybridized carbons (Fsp3) is 0.333. The zero-order valence-corrected chi connectivity index (χ0v) is 17.0. The van der Waals surface area contributed by atoms with Crippen LogP contribution in [0.3, 0.4) is 0 Å². The summed E-state index contributed by atoms with van der Waals surface area (Å²) in [5.41, 5.74) is 2.20. The number of amides is 3. The Bertz CT molecular complexity index is 830. The summed E-state index contributed by atoms with van der Waals surface area (Å²) in [6, 6.07) is 7.14. The second-order valence-electron chi connectivity index (χ2n) is 6.66. The van der Waals surface area contributed by atoms with Crippen LogP contribution in [0.5, 0.6) is 11.8 Å². The number of methoxy groups -OCH3 is 2. The minimum atomic E-state index is -0.741. The predicted octanol–water partition coefficient (Wildman–Crippen LogP) is 3.12. The maximum Gasteiger partial charge on any atom is 0.343 e. The zero-order valence-electron chi connectivity index (χ0n) is 16.2. The Morgan fingerprint density at radius 2 is 1.57 bits per heavy atom. The van der Waals surface area contributed by atoms with E-state index < -0.39 is 17.5 Å². The lowest BCUT2D eigenvalue weighted by atomic mass is 10.1. The Hall–Kier alpha value is -3.07. The van der Waals surface area contributed by atoms with Crippen LogP contribution in [0.15, 0.2) is 30.3 Å². The van der Waals surface area contributed by atoms with Gasteiger partial charge in [0, 0.05) is 10.6 Å². The number of hydrazine groups is 1. The van der Waals surface area contributed by atoms with E-state index in [-0.39, 0.29) is 17.7 Å². The molecule has 9 nitrogen and oxygen atoms in total. The summed E-state index contributed by atoms with van der Waals surface area (Å²) in [5, 5.41) is 4.19. The lowest BCUT2D eigenvalue weighted by molar-refractivity contribution is 0.0686. The largest absolute Gasteiger partial charge is 0.481 e. The molecule has 2 N–H and O–H groups in total. The van der Waals surface area contributed by atoms with Gasteiger partial charge in [0.15, 0.2) is 0 Å². The molecule has 0 saturated carbocycles. The molecule has 1 heterocycles. The van der Waals surface area contributed by atoms with Crippen LogP contribution >= 0.6 is 11.6 Å². The standard InChI is InChI=1S/C18H22ClN5O4/c1-18(2,3)24(23-15(25)11-6-8-12(19)9-7-11)17(26)22-16-20-13(27-4)10-14(21-16)28-5/h6-10H,1-5H3,(H,23,25)(H,20,21,22,26). The van der Waals surface area contributed by atoms with Gasteiger partial charge in [-0.2, -0.15) is 9.97 Å². The first-order chi connectivity index (χ1) is 13.1. The number of aromatic nitrogens is 2. The number of halogens is 1. The molecule has 0 aliphatic heterocycles. The van der Waals surface area contributed by atoms with Crippen LogP contribution in [0.25, 0.3) is 0 Å². The van der Waals surface area contributed by atoms with Gasteiger partial charge in [0.05, 0.1) is 25.8 Å². The molecule has 2 aromatic rings. The minimum absolute atomic E-state index is 0.0313. The number of nitrogens with one attached hydrogen (secondary N) is 2. The van der Waals surface area contributed by atoms with Crippen molar-refractivity contribution in [2.75, 3.05) is 19.5 Å². The van der Waals surface area contributed by atoms with Gasteiger partial charge in [-0.3, -0.25) is 15.5 Å². The normalized spacial score (nSPS) is 10.8. The number of anilines is 1. The van der Waals surface area contributed by atoms with E-state index in [0.29, 0.717) is 10.6 Å². The summed E-state index contributed by atoms with van der Waals surface area (Å²) in [5.74, 6) is -0.0635. The first-order valence-corrected chi connectivity index (χ1v) is 8.66. The van der Waals surface area contributed by atoms with Crippen molar-refractivity contribution >= 4 is 29.5 Å². The maximum atomic E-state index is 12.8. The highest BCUT2D eigenvalue weighted by molar-refractivity contribution is 6.30. The van der Waals surface area contributed by atoms with Crippen molar-refractivity contribution in [3.63, 3.8) is 0 Å². The van der Waals surface area contributed by atoms with Crippen LogP contribution in [0, 0.1) is 0 Å². The van der Waals surface area contributed by atoms with Crippen molar-refractivity contribution in [3.05, 3.63) is 40.9 Å². The van der Waals surface area contributed by atoms with Crippen molar-refractivity contribution in [2.24, 2.45) is 0 Å². The third-order valence-electron chi connectivity index (χ3n) is 3.51. The molecular formula is C18H22ClN5O4. The minimum Gasteiger partial charge on any atom is -0.481 e. The van der Waals surface area contributed by atoms with Crippen molar-refractivity contribution in [1.29, 1.82) is 0 Å². The summed E-state index contributed by atoms with van der Waals surface area (Å²) in [6.45, 7) is 5.30. The first-order valence-electron chi connectivity index (χ1n) is 8.29.